The molecule has 0 saturated carbocycles. The molecule has 1 aromatic carbocycles. The van der Waals surface area contributed by atoms with Crippen LogP contribution < -0.4 is 5.32 Å². The summed E-state index contributed by atoms with van der Waals surface area (Å²) in [6.45, 7) is 5.94. The summed E-state index contributed by atoms with van der Waals surface area (Å²) < 4.78 is 1.81. The Morgan fingerprint density at radius 2 is 1.94 bits per heavy atom. The Labute approximate surface area is 182 Å². The second kappa shape index (κ2) is 7.21. The standard InChI is InChI=1S/C22H21N7OS/c1-11-20(14-7-5-6-8-15(14)23-11)18-10-31-22(24-18)25-21(30)17-9-16(26-27-17)19-12(2)28-29(4)13(19)3/h5-10,23H,1-4H3,(H,26,27)(H,24,25,30). The predicted molar refractivity (Wildman–Crippen MR) is 122 cm³/mol. The molecule has 156 valence electrons. The number of thiazole rings is 1. The molecule has 0 bridgehead atoms. The molecule has 3 N–H and O–H groups in total. The van der Waals surface area contributed by atoms with Crippen LogP contribution in [0.4, 0.5) is 5.13 Å². The number of benzene rings is 1. The summed E-state index contributed by atoms with van der Waals surface area (Å²) >= 11 is 1.39. The van der Waals surface area contributed by atoms with E-state index in [0.717, 1.165) is 44.8 Å². The van der Waals surface area contributed by atoms with Gasteiger partial charge in [-0.2, -0.15) is 10.2 Å². The Morgan fingerprint density at radius 3 is 2.71 bits per heavy atom. The molecule has 0 aliphatic carbocycles. The number of carbonyl (C=O) groups is 1. The van der Waals surface area contributed by atoms with Crippen molar-refractivity contribution >= 4 is 33.3 Å². The number of rotatable bonds is 4. The van der Waals surface area contributed by atoms with Crippen LogP contribution in [0.1, 0.15) is 27.6 Å². The molecule has 0 atom stereocenters. The van der Waals surface area contributed by atoms with Crippen LogP contribution in [0, 0.1) is 20.8 Å². The maximum absolute atomic E-state index is 12.8. The number of fused-ring (bicyclic) bond motifs is 1. The van der Waals surface area contributed by atoms with Crippen molar-refractivity contribution in [2.24, 2.45) is 7.05 Å². The molecule has 4 heterocycles. The molecule has 8 nitrogen and oxygen atoms in total. The van der Waals surface area contributed by atoms with E-state index in [1.807, 2.05) is 56.1 Å². The third kappa shape index (κ3) is 3.23. The average molecular weight is 432 g/mol. The number of amides is 1. The minimum atomic E-state index is -0.283. The second-order valence-electron chi connectivity index (χ2n) is 7.50. The number of aryl methyl sites for hydroxylation is 3. The highest BCUT2D eigenvalue weighted by Crippen LogP contribution is 2.34. The Morgan fingerprint density at radius 1 is 1.13 bits per heavy atom. The van der Waals surface area contributed by atoms with Crippen LogP contribution in [0.2, 0.25) is 0 Å². The number of hydrogen-bond acceptors (Lipinski definition) is 5. The molecule has 1 amide bonds. The summed E-state index contributed by atoms with van der Waals surface area (Å²) in [6, 6.07) is 9.87. The summed E-state index contributed by atoms with van der Waals surface area (Å²) in [6.07, 6.45) is 0. The van der Waals surface area contributed by atoms with E-state index in [9.17, 15) is 4.79 Å². The van der Waals surface area contributed by atoms with Crippen LogP contribution in [-0.4, -0.2) is 35.9 Å². The van der Waals surface area contributed by atoms with Crippen LogP contribution >= 0.6 is 11.3 Å². The van der Waals surface area contributed by atoms with Crippen molar-refractivity contribution in [2.45, 2.75) is 20.8 Å². The number of anilines is 1. The monoisotopic (exact) mass is 431 g/mol. The van der Waals surface area contributed by atoms with Crippen molar-refractivity contribution in [3.63, 3.8) is 0 Å². The van der Waals surface area contributed by atoms with Crippen molar-refractivity contribution in [3.8, 4) is 22.5 Å². The number of aromatic amines is 2. The SMILES string of the molecule is Cc1nn(C)c(C)c1-c1cc(C(=O)Nc2nc(-c3c(C)[nH]c4ccccc34)cs2)[nH]n1. The van der Waals surface area contributed by atoms with Crippen LogP contribution in [0.5, 0.6) is 0 Å². The molecule has 0 saturated heterocycles. The number of carbonyl (C=O) groups excluding carboxylic acids is 1. The fourth-order valence-corrected chi connectivity index (χ4v) is 4.62. The zero-order valence-electron chi connectivity index (χ0n) is 17.6. The fraction of sp³-hybridized carbons (Fsp3) is 0.182. The third-order valence-electron chi connectivity index (χ3n) is 5.46. The van der Waals surface area contributed by atoms with Gasteiger partial charge in [0, 0.05) is 45.8 Å². The van der Waals surface area contributed by atoms with E-state index in [4.69, 9.17) is 0 Å². The Hall–Kier alpha value is -3.72. The lowest BCUT2D eigenvalue weighted by Crippen LogP contribution is -2.12. The van der Waals surface area contributed by atoms with E-state index in [1.54, 1.807) is 6.07 Å². The maximum Gasteiger partial charge on any atom is 0.275 e. The van der Waals surface area contributed by atoms with E-state index in [-0.39, 0.29) is 5.91 Å². The number of nitrogens with zero attached hydrogens (tertiary/aromatic N) is 4. The molecule has 5 aromatic rings. The number of para-hydroxylation sites is 1. The molecule has 0 aliphatic heterocycles. The highest BCUT2D eigenvalue weighted by molar-refractivity contribution is 7.14. The van der Waals surface area contributed by atoms with Gasteiger partial charge in [-0.1, -0.05) is 18.2 Å². The number of H-pyrrole nitrogens is 2. The van der Waals surface area contributed by atoms with Gasteiger partial charge in [-0.05, 0) is 32.9 Å². The molecular formula is C22H21N7OS. The zero-order chi connectivity index (χ0) is 21.7. The molecule has 31 heavy (non-hydrogen) atoms. The normalized spacial score (nSPS) is 11.4. The van der Waals surface area contributed by atoms with Gasteiger partial charge in [-0.25, -0.2) is 4.98 Å². The Kier molecular flexibility index (Phi) is 4.48. The van der Waals surface area contributed by atoms with E-state index < -0.39 is 0 Å². The van der Waals surface area contributed by atoms with Crippen molar-refractivity contribution in [1.82, 2.24) is 29.9 Å². The maximum atomic E-state index is 12.8. The van der Waals surface area contributed by atoms with Crippen LogP contribution in [0.15, 0.2) is 35.7 Å². The van der Waals surface area contributed by atoms with Crippen LogP contribution in [0.25, 0.3) is 33.4 Å². The zero-order valence-corrected chi connectivity index (χ0v) is 18.4. The Bertz CT molecular complexity index is 1440. The number of nitrogens with one attached hydrogen (secondary N) is 3. The third-order valence-corrected chi connectivity index (χ3v) is 6.22. The first-order chi connectivity index (χ1) is 14.9. The quantitative estimate of drug-likeness (QED) is 0.387. The molecule has 4 aromatic heterocycles. The average Bonchev–Trinajstić information content (AvgIpc) is 3.49. The summed E-state index contributed by atoms with van der Waals surface area (Å²) in [5.74, 6) is -0.283. The predicted octanol–water partition coefficient (Wildman–Crippen LogP) is 4.59. The van der Waals surface area contributed by atoms with E-state index in [0.29, 0.717) is 16.5 Å². The first-order valence-electron chi connectivity index (χ1n) is 9.83. The van der Waals surface area contributed by atoms with Gasteiger partial charge in [-0.15, -0.1) is 11.3 Å². The molecule has 0 spiro atoms. The van der Waals surface area contributed by atoms with Crippen LogP contribution in [-0.2, 0) is 7.05 Å². The van der Waals surface area contributed by atoms with Gasteiger partial charge in [0.2, 0.25) is 0 Å². The van der Waals surface area contributed by atoms with Gasteiger partial charge in [0.15, 0.2) is 5.13 Å². The summed E-state index contributed by atoms with van der Waals surface area (Å²) in [5, 5.41) is 18.0. The molecular weight excluding hydrogens is 410 g/mol. The number of aromatic nitrogens is 6. The van der Waals surface area contributed by atoms with Crippen molar-refractivity contribution in [3.05, 3.63) is 58.5 Å². The summed E-state index contributed by atoms with van der Waals surface area (Å²) in [4.78, 5) is 20.8. The molecule has 0 radical (unpaired) electrons. The largest absolute Gasteiger partial charge is 0.358 e. The molecule has 5 rings (SSSR count). The van der Waals surface area contributed by atoms with E-state index in [2.05, 4.69) is 36.6 Å². The second-order valence-corrected chi connectivity index (χ2v) is 8.36. The van der Waals surface area contributed by atoms with Gasteiger partial charge >= 0.3 is 0 Å². The first-order valence-corrected chi connectivity index (χ1v) is 10.7. The van der Waals surface area contributed by atoms with E-state index >= 15 is 0 Å². The van der Waals surface area contributed by atoms with Gasteiger partial charge in [0.25, 0.3) is 5.91 Å². The molecule has 0 unspecified atom stereocenters. The summed E-state index contributed by atoms with van der Waals surface area (Å²) in [7, 11) is 1.89. The number of hydrogen-bond donors (Lipinski definition) is 3. The van der Waals surface area contributed by atoms with Crippen LogP contribution in [0.3, 0.4) is 0 Å². The van der Waals surface area contributed by atoms with Crippen molar-refractivity contribution in [2.75, 3.05) is 5.32 Å². The van der Waals surface area contributed by atoms with Gasteiger partial charge in [0.05, 0.1) is 17.1 Å². The fourth-order valence-electron chi connectivity index (χ4n) is 3.93. The lowest BCUT2D eigenvalue weighted by atomic mass is 10.1. The van der Waals surface area contributed by atoms with Gasteiger partial charge in [0.1, 0.15) is 5.69 Å². The summed E-state index contributed by atoms with van der Waals surface area (Å²) in [5.41, 5.74) is 7.88. The van der Waals surface area contributed by atoms with Gasteiger partial charge < -0.3 is 4.98 Å². The molecule has 9 heteroatoms. The lowest BCUT2D eigenvalue weighted by molar-refractivity contribution is 0.102. The van der Waals surface area contributed by atoms with Gasteiger partial charge in [-0.3, -0.25) is 19.9 Å². The van der Waals surface area contributed by atoms with E-state index in [1.165, 1.54) is 11.3 Å². The first kappa shape index (κ1) is 19.3. The van der Waals surface area contributed by atoms with Crippen molar-refractivity contribution < 1.29 is 4.79 Å². The highest BCUT2D eigenvalue weighted by atomic mass is 32.1. The minimum Gasteiger partial charge on any atom is -0.358 e. The van der Waals surface area contributed by atoms with Crippen molar-refractivity contribution in [1.29, 1.82) is 0 Å². The lowest BCUT2D eigenvalue weighted by Gasteiger charge is -1.99. The molecule has 0 fully saturated rings. The minimum absolute atomic E-state index is 0.283. The highest BCUT2D eigenvalue weighted by Gasteiger charge is 2.19. The molecule has 0 aliphatic rings. The Balaban J connectivity index is 1.39. The smallest absolute Gasteiger partial charge is 0.275 e. The topological polar surface area (TPSA) is 104 Å².